The van der Waals surface area contributed by atoms with Crippen LogP contribution in [0.1, 0.15) is 29.8 Å². The Balaban J connectivity index is 0.000000219. The van der Waals surface area contributed by atoms with Crippen LogP contribution in [-0.2, 0) is 5.41 Å². The first-order valence-electron chi connectivity index (χ1n) is 11.8. The maximum absolute atomic E-state index is 14.5. The number of nitriles is 1. The summed E-state index contributed by atoms with van der Waals surface area (Å²) in [4.78, 5) is 26.5. The van der Waals surface area contributed by atoms with Gasteiger partial charge in [0.1, 0.15) is 24.1 Å². The molecule has 38 heavy (non-hydrogen) atoms. The van der Waals surface area contributed by atoms with Gasteiger partial charge in [-0.2, -0.15) is 5.26 Å². The zero-order chi connectivity index (χ0) is 27.1. The normalized spacial score (nSPS) is 10.7. The fourth-order valence-electron chi connectivity index (χ4n) is 3.80. The number of carbonyl (C=O) groups excluding carboxylic acids is 1. The molecule has 0 spiro atoms. The third-order valence-corrected chi connectivity index (χ3v) is 5.96. The number of H-pyrrole nitrogens is 1. The number of aromatic amines is 1. The molecule has 0 amide bonds. The van der Waals surface area contributed by atoms with Crippen LogP contribution in [-0.4, -0.2) is 33.3 Å². The van der Waals surface area contributed by atoms with Crippen LogP contribution >= 0.6 is 0 Å². The molecule has 0 saturated heterocycles. The van der Waals surface area contributed by atoms with Gasteiger partial charge in [-0.25, -0.2) is 19.3 Å². The van der Waals surface area contributed by atoms with E-state index in [-0.39, 0.29) is 5.82 Å². The molecule has 0 aliphatic carbocycles. The minimum absolute atomic E-state index is 0.339. The van der Waals surface area contributed by atoms with E-state index in [1.54, 1.807) is 49.6 Å². The molecule has 5 rings (SSSR count). The van der Waals surface area contributed by atoms with Gasteiger partial charge in [-0.1, -0.05) is 24.3 Å². The highest BCUT2D eigenvalue weighted by Gasteiger charge is 2.19. The Morgan fingerprint density at radius 1 is 1.03 bits per heavy atom. The van der Waals surface area contributed by atoms with Crippen LogP contribution < -0.4 is 10.6 Å². The number of hydrogen-bond acceptors (Lipinski definition) is 7. The van der Waals surface area contributed by atoms with Crippen molar-refractivity contribution < 1.29 is 9.18 Å². The zero-order valence-corrected chi connectivity index (χ0v) is 21.2. The third-order valence-electron chi connectivity index (χ3n) is 5.96. The fraction of sp³-hybridized carbons (Fsp3) is 0.138. The molecule has 9 heteroatoms. The minimum atomic E-state index is -0.529. The van der Waals surface area contributed by atoms with Crippen LogP contribution in [0.2, 0.25) is 0 Å². The standard InChI is InChI=1S/C18H15FN6.C11H11NO/c1-20-13-5-2-6-14(15(13)19)25-18-11(4-3-8-21-18)16-12-7-9-22-17(12)24-10-23-16;1-11(2,8-12)10-5-3-4-9(6-10)7-13/h2-10,20H,1H3,(H,21,25)(H,22,23,24);3-7H,1-2H3. The van der Waals surface area contributed by atoms with Crippen LogP contribution in [0.4, 0.5) is 21.6 Å². The molecule has 3 N–H and O–H groups in total. The van der Waals surface area contributed by atoms with Crippen molar-refractivity contribution in [2.45, 2.75) is 19.3 Å². The molecule has 8 nitrogen and oxygen atoms in total. The molecule has 2 aromatic carbocycles. The van der Waals surface area contributed by atoms with Gasteiger partial charge in [-0.15, -0.1) is 0 Å². The molecule has 0 atom stereocenters. The van der Waals surface area contributed by atoms with Crippen LogP contribution in [0.3, 0.4) is 0 Å². The number of rotatable bonds is 6. The first kappa shape index (κ1) is 26.0. The number of nitrogens with one attached hydrogen (secondary N) is 3. The summed E-state index contributed by atoms with van der Waals surface area (Å²) < 4.78 is 14.5. The molecule has 0 aliphatic heterocycles. The number of fused-ring (bicyclic) bond motifs is 1. The maximum Gasteiger partial charge on any atom is 0.169 e. The van der Waals surface area contributed by atoms with E-state index in [9.17, 15) is 9.18 Å². The lowest BCUT2D eigenvalue weighted by molar-refractivity contribution is 0.112. The predicted octanol–water partition coefficient (Wildman–Crippen LogP) is 6.24. The largest absolute Gasteiger partial charge is 0.386 e. The molecule has 0 saturated carbocycles. The SMILES string of the molecule is CC(C)(C#N)c1cccc(C=O)c1.CNc1cccc(Nc2ncccc2-c2ncnc3[nH]ccc23)c1F. The lowest BCUT2D eigenvalue weighted by Crippen LogP contribution is -2.13. The number of anilines is 3. The van der Waals surface area contributed by atoms with Crippen LogP contribution in [0, 0.1) is 17.1 Å². The van der Waals surface area contributed by atoms with Gasteiger partial charge in [0.2, 0.25) is 0 Å². The summed E-state index contributed by atoms with van der Waals surface area (Å²) in [6.45, 7) is 3.66. The van der Waals surface area contributed by atoms with Crippen LogP contribution in [0.25, 0.3) is 22.3 Å². The second-order valence-corrected chi connectivity index (χ2v) is 8.88. The number of pyridine rings is 1. The second kappa shape index (κ2) is 11.3. The van der Waals surface area contributed by atoms with E-state index in [2.05, 4.69) is 36.6 Å². The summed E-state index contributed by atoms with van der Waals surface area (Å²) in [5, 5.41) is 15.7. The average molecular weight is 508 g/mol. The van der Waals surface area contributed by atoms with E-state index in [4.69, 9.17) is 5.26 Å². The van der Waals surface area contributed by atoms with E-state index >= 15 is 0 Å². The van der Waals surface area contributed by atoms with Crippen LogP contribution in [0.5, 0.6) is 0 Å². The number of benzene rings is 2. The summed E-state index contributed by atoms with van der Waals surface area (Å²) in [6.07, 6.45) is 5.74. The summed E-state index contributed by atoms with van der Waals surface area (Å²) in [7, 11) is 1.68. The Kier molecular flexibility index (Phi) is 7.73. The summed E-state index contributed by atoms with van der Waals surface area (Å²) in [5.41, 5.74) is 3.95. The van der Waals surface area contributed by atoms with Gasteiger partial charge in [-0.05, 0) is 55.8 Å². The minimum Gasteiger partial charge on any atom is -0.386 e. The fourth-order valence-corrected chi connectivity index (χ4v) is 3.80. The molecular weight excluding hydrogens is 481 g/mol. The van der Waals surface area contributed by atoms with Crippen molar-refractivity contribution in [3.05, 3.63) is 96.3 Å². The maximum atomic E-state index is 14.5. The molecule has 0 radical (unpaired) electrons. The highest BCUT2D eigenvalue weighted by Crippen LogP contribution is 2.32. The quantitative estimate of drug-likeness (QED) is 0.233. The summed E-state index contributed by atoms with van der Waals surface area (Å²) in [6, 6.07) is 20.0. The first-order valence-corrected chi connectivity index (χ1v) is 11.8. The van der Waals surface area contributed by atoms with Crippen molar-refractivity contribution in [3.8, 4) is 17.3 Å². The van der Waals surface area contributed by atoms with Gasteiger partial charge < -0.3 is 15.6 Å². The molecule has 3 heterocycles. The monoisotopic (exact) mass is 507 g/mol. The molecule has 0 unspecified atom stereocenters. The van der Waals surface area contributed by atoms with Gasteiger partial charge in [-0.3, -0.25) is 4.79 Å². The molecule has 3 aromatic heterocycles. The molecule has 0 bridgehead atoms. The topological polar surface area (TPSA) is 119 Å². The van der Waals surface area contributed by atoms with Crippen LogP contribution in [0.15, 0.2) is 79.4 Å². The highest BCUT2D eigenvalue weighted by molar-refractivity contribution is 5.94. The Morgan fingerprint density at radius 2 is 1.82 bits per heavy atom. The van der Waals surface area contributed by atoms with E-state index in [1.807, 2.05) is 44.3 Å². The number of aldehydes is 1. The van der Waals surface area contributed by atoms with Gasteiger partial charge in [0.15, 0.2) is 5.82 Å². The zero-order valence-electron chi connectivity index (χ0n) is 21.2. The van der Waals surface area contributed by atoms with Crippen molar-refractivity contribution in [3.63, 3.8) is 0 Å². The second-order valence-electron chi connectivity index (χ2n) is 8.88. The smallest absolute Gasteiger partial charge is 0.169 e. The van der Waals surface area contributed by atoms with Gasteiger partial charge >= 0.3 is 0 Å². The van der Waals surface area contributed by atoms with E-state index in [0.717, 1.165) is 34.1 Å². The molecule has 5 aromatic rings. The van der Waals surface area contributed by atoms with Crippen molar-refractivity contribution in [1.82, 2.24) is 19.9 Å². The number of halogens is 1. The number of carbonyl (C=O) groups is 1. The lowest BCUT2D eigenvalue weighted by Gasteiger charge is -2.15. The summed E-state index contributed by atoms with van der Waals surface area (Å²) in [5.74, 6) is 0.159. The summed E-state index contributed by atoms with van der Waals surface area (Å²) >= 11 is 0. The molecule has 190 valence electrons. The van der Waals surface area contributed by atoms with Crippen molar-refractivity contribution in [2.24, 2.45) is 0 Å². The number of aromatic nitrogens is 4. The Hall–Kier alpha value is -5.10. The van der Waals surface area contributed by atoms with Crippen molar-refractivity contribution >= 4 is 34.5 Å². The van der Waals surface area contributed by atoms with Crippen molar-refractivity contribution in [1.29, 1.82) is 5.26 Å². The number of nitrogens with zero attached hydrogens (tertiary/aromatic N) is 4. The predicted molar refractivity (Wildman–Crippen MR) is 147 cm³/mol. The van der Waals surface area contributed by atoms with E-state index in [1.165, 1.54) is 6.33 Å². The Bertz CT molecular complexity index is 1620. The molecule has 0 fully saturated rings. The Morgan fingerprint density at radius 3 is 2.58 bits per heavy atom. The van der Waals surface area contributed by atoms with Gasteiger partial charge in [0.05, 0.1) is 28.6 Å². The third kappa shape index (κ3) is 5.50. The van der Waals surface area contributed by atoms with Gasteiger partial charge in [0, 0.05) is 36.0 Å². The van der Waals surface area contributed by atoms with Gasteiger partial charge in [0.25, 0.3) is 0 Å². The average Bonchev–Trinajstić information content (AvgIpc) is 3.44. The lowest BCUT2D eigenvalue weighted by atomic mass is 9.86. The highest BCUT2D eigenvalue weighted by atomic mass is 19.1. The van der Waals surface area contributed by atoms with Crippen molar-refractivity contribution in [2.75, 3.05) is 17.7 Å². The number of hydrogen-bond donors (Lipinski definition) is 3. The van der Waals surface area contributed by atoms with E-state index < -0.39 is 5.41 Å². The van der Waals surface area contributed by atoms with E-state index in [0.29, 0.717) is 22.8 Å². The molecule has 0 aliphatic rings. The molecular formula is C29H26FN7O. The Labute approximate surface area is 219 Å². The first-order chi connectivity index (χ1) is 18.4.